The van der Waals surface area contributed by atoms with Gasteiger partial charge in [-0.3, -0.25) is 0 Å². The van der Waals surface area contributed by atoms with E-state index in [0.717, 1.165) is 31.1 Å². The predicted molar refractivity (Wildman–Crippen MR) is 81.3 cm³/mol. The molecule has 1 N–H and O–H groups in total. The van der Waals surface area contributed by atoms with Crippen molar-refractivity contribution in [2.45, 2.75) is 38.6 Å². The molecule has 3 heterocycles. The second-order valence-corrected chi connectivity index (χ2v) is 5.61. The van der Waals surface area contributed by atoms with Crippen LogP contribution in [-0.2, 0) is 0 Å². The summed E-state index contributed by atoms with van der Waals surface area (Å²) in [6, 6.07) is 4.67. The number of aromatic nitrogens is 3. The Hall–Kier alpha value is -1.62. The van der Waals surface area contributed by atoms with Crippen LogP contribution in [0.3, 0.4) is 0 Å². The van der Waals surface area contributed by atoms with E-state index in [0.29, 0.717) is 6.04 Å². The molecule has 1 saturated heterocycles. The van der Waals surface area contributed by atoms with Crippen LogP contribution in [0.5, 0.6) is 0 Å². The molecule has 20 heavy (non-hydrogen) atoms. The number of nitrogens with one attached hydrogen (secondary N) is 1. The van der Waals surface area contributed by atoms with E-state index in [4.69, 9.17) is 4.98 Å². The summed E-state index contributed by atoms with van der Waals surface area (Å²) in [5, 5.41) is 7.92. The molecule has 0 bridgehead atoms. The molecule has 0 saturated carbocycles. The molecular formula is C15H23N5. The predicted octanol–water partition coefficient (Wildman–Crippen LogP) is 2.01. The molecule has 0 spiro atoms. The Kier molecular flexibility index (Phi) is 3.87. The summed E-state index contributed by atoms with van der Waals surface area (Å²) in [5.41, 5.74) is 2.15. The zero-order valence-corrected chi connectivity index (χ0v) is 12.3. The highest BCUT2D eigenvalue weighted by Gasteiger charge is 2.25. The molecule has 1 fully saturated rings. The van der Waals surface area contributed by atoms with Crippen LogP contribution < -0.4 is 10.2 Å². The van der Waals surface area contributed by atoms with Crippen molar-refractivity contribution in [2.75, 3.05) is 25.0 Å². The topological polar surface area (TPSA) is 45.5 Å². The molecule has 3 rings (SSSR count). The first-order valence-electron chi connectivity index (χ1n) is 7.53. The van der Waals surface area contributed by atoms with Gasteiger partial charge < -0.3 is 10.2 Å². The van der Waals surface area contributed by atoms with Gasteiger partial charge in [0.2, 0.25) is 5.95 Å². The maximum Gasteiger partial charge on any atom is 0.245 e. The van der Waals surface area contributed by atoms with Crippen LogP contribution in [0.15, 0.2) is 18.3 Å². The summed E-state index contributed by atoms with van der Waals surface area (Å²) >= 11 is 0. The Bertz CT molecular complexity index is 577. The maximum absolute atomic E-state index is 4.75. The van der Waals surface area contributed by atoms with Gasteiger partial charge in [0.15, 0.2) is 5.65 Å². The first-order valence-corrected chi connectivity index (χ1v) is 7.53. The van der Waals surface area contributed by atoms with Gasteiger partial charge in [-0.05, 0) is 57.8 Å². The van der Waals surface area contributed by atoms with E-state index in [1.807, 2.05) is 23.8 Å². The number of aryl methyl sites for hydroxylation is 1. The van der Waals surface area contributed by atoms with Crippen molar-refractivity contribution in [1.29, 1.82) is 0 Å². The molecule has 0 aromatic carbocycles. The minimum Gasteiger partial charge on any atom is -0.336 e. The van der Waals surface area contributed by atoms with E-state index in [-0.39, 0.29) is 0 Å². The third-order valence-corrected chi connectivity index (χ3v) is 4.16. The summed E-state index contributed by atoms with van der Waals surface area (Å²) in [4.78, 5) is 7.15. The Balaban J connectivity index is 1.89. The fourth-order valence-corrected chi connectivity index (χ4v) is 3.02. The summed E-state index contributed by atoms with van der Waals surface area (Å²) in [6.45, 7) is 4.21. The van der Waals surface area contributed by atoms with Crippen LogP contribution in [0.2, 0.25) is 0 Å². The van der Waals surface area contributed by atoms with E-state index >= 15 is 0 Å². The van der Waals surface area contributed by atoms with Crippen molar-refractivity contribution in [3.8, 4) is 0 Å². The third kappa shape index (κ3) is 2.50. The maximum atomic E-state index is 4.75. The molecule has 5 nitrogen and oxygen atoms in total. The van der Waals surface area contributed by atoms with Gasteiger partial charge in [-0.1, -0.05) is 6.07 Å². The molecule has 1 atom stereocenters. The van der Waals surface area contributed by atoms with E-state index < -0.39 is 0 Å². The summed E-state index contributed by atoms with van der Waals surface area (Å²) in [5.74, 6) is 0.889. The van der Waals surface area contributed by atoms with Gasteiger partial charge in [0.05, 0.1) is 0 Å². The molecule has 0 amide bonds. The van der Waals surface area contributed by atoms with Crippen molar-refractivity contribution < 1.29 is 0 Å². The first kappa shape index (κ1) is 13.4. The minimum atomic E-state index is 0.564. The zero-order valence-electron chi connectivity index (χ0n) is 12.3. The van der Waals surface area contributed by atoms with Gasteiger partial charge in [-0.25, -0.2) is 4.52 Å². The molecule has 5 heteroatoms. The number of pyridine rings is 1. The second kappa shape index (κ2) is 5.79. The number of fused-ring (bicyclic) bond motifs is 1. The summed E-state index contributed by atoms with van der Waals surface area (Å²) < 4.78 is 1.90. The number of hydrogen-bond donors (Lipinski definition) is 1. The van der Waals surface area contributed by atoms with Crippen molar-refractivity contribution in [1.82, 2.24) is 19.9 Å². The highest BCUT2D eigenvalue weighted by molar-refractivity contribution is 5.51. The minimum absolute atomic E-state index is 0.564. The summed E-state index contributed by atoms with van der Waals surface area (Å²) in [7, 11) is 2.01. The number of hydrogen-bond acceptors (Lipinski definition) is 4. The van der Waals surface area contributed by atoms with Gasteiger partial charge >= 0.3 is 0 Å². The smallest absolute Gasteiger partial charge is 0.245 e. The lowest BCUT2D eigenvalue weighted by Gasteiger charge is -2.35. The van der Waals surface area contributed by atoms with Crippen molar-refractivity contribution in [3.05, 3.63) is 23.9 Å². The van der Waals surface area contributed by atoms with E-state index in [1.165, 1.54) is 24.8 Å². The third-order valence-electron chi connectivity index (χ3n) is 4.16. The van der Waals surface area contributed by atoms with Crippen LogP contribution in [-0.4, -0.2) is 40.8 Å². The fourth-order valence-electron chi connectivity index (χ4n) is 3.02. The van der Waals surface area contributed by atoms with Gasteiger partial charge in [-0.2, -0.15) is 4.98 Å². The fraction of sp³-hybridized carbons (Fsp3) is 0.600. The molecule has 0 radical (unpaired) electrons. The normalized spacial score (nSPS) is 19.7. The van der Waals surface area contributed by atoms with Crippen molar-refractivity contribution in [3.63, 3.8) is 0 Å². The van der Waals surface area contributed by atoms with Gasteiger partial charge in [0, 0.05) is 18.8 Å². The van der Waals surface area contributed by atoms with Gasteiger partial charge in [0.25, 0.3) is 0 Å². The molecule has 1 aliphatic rings. The molecule has 2 aromatic heterocycles. The van der Waals surface area contributed by atoms with E-state index in [2.05, 4.69) is 28.3 Å². The Morgan fingerprint density at radius 3 is 3.10 bits per heavy atom. The highest BCUT2D eigenvalue weighted by atomic mass is 15.4. The van der Waals surface area contributed by atoms with E-state index in [1.54, 1.807) is 0 Å². The van der Waals surface area contributed by atoms with Crippen LogP contribution in [0, 0.1) is 6.92 Å². The lowest BCUT2D eigenvalue weighted by atomic mass is 10.00. The summed E-state index contributed by atoms with van der Waals surface area (Å²) in [6.07, 6.45) is 6.94. The van der Waals surface area contributed by atoms with Crippen molar-refractivity contribution >= 4 is 11.6 Å². The van der Waals surface area contributed by atoms with Gasteiger partial charge in [0.1, 0.15) is 0 Å². The average molecular weight is 273 g/mol. The van der Waals surface area contributed by atoms with E-state index in [9.17, 15) is 0 Å². The lowest BCUT2D eigenvalue weighted by Crippen LogP contribution is -2.41. The van der Waals surface area contributed by atoms with Crippen LogP contribution >= 0.6 is 0 Å². The Morgan fingerprint density at radius 1 is 1.40 bits per heavy atom. The van der Waals surface area contributed by atoms with Crippen LogP contribution in [0.25, 0.3) is 5.65 Å². The van der Waals surface area contributed by atoms with Crippen LogP contribution in [0.4, 0.5) is 5.95 Å². The number of rotatable bonds is 4. The molecule has 2 aromatic rings. The quantitative estimate of drug-likeness (QED) is 0.925. The monoisotopic (exact) mass is 273 g/mol. The van der Waals surface area contributed by atoms with Gasteiger partial charge in [-0.15, -0.1) is 5.10 Å². The highest BCUT2D eigenvalue weighted by Crippen LogP contribution is 2.24. The molecular weight excluding hydrogens is 250 g/mol. The standard InChI is InChI=1S/C15H23N5/c1-12-6-5-11-20-14(12)17-15(18-20)19-10-4-3-7-13(19)8-9-16-2/h5-6,11,13,16H,3-4,7-10H2,1-2H3. The van der Waals surface area contributed by atoms with Crippen molar-refractivity contribution in [2.24, 2.45) is 0 Å². The Labute approximate surface area is 120 Å². The Morgan fingerprint density at radius 2 is 2.30 bits per heavy atom. The zero-order chi connectivity index (χ0) is 13.9. The molecule has 108 valence electrons. The molecule has 0 aliphatic carbocycles. The molecule has 1 aliphatic heterocycles. The largest absolute Gasteiger partial charge is 0.336 e. The molecule has 1 unspecified atom stereocenters. The second-order valence-electron chi connectivity index (χ2n) is 5.61. The number of nitrogens with zero attached hydrogens (tertiary/aromatic N) is 4. The average Bonchev–Trinajstić information content (AvgIpc) is 2.91. The number of anilines is 1. The first-order chi connectivity index (χ1) is 9.79. The lowest BCUT2D eigenvalue weighted by molar-refractivity contribution is 0.427. The SMILES string of the molecule is CNCCC1CCCCN1c1nc2c(C)cccn2n1. The van der Waals surface area contributed by atoms with Crippen LogP contribution in [0.1, 0.15) is 31.2 Å². The number of piperidine rings is 1.